The topological polar surface area (TPSA) is 56.2 Å². The Bertz CT molecular complexity index is 960. The van der Waals surface area contributed by atoms with Crippen molar-refractivity contribution in [1.29, 1.82) is 0 Å². The van der Waals surface area contributed by atoms with Crippen LogP contribution < -0.4 is 10.1 Å². The maximum atomic E-state index is 12.4. The van der Waals surface area contributed by atoms with E-state index < -0.39 is 0 Å². The predicted octanol–water partition coefficient (Wildman–Crippen LogP) is 3.31. The van der Waals surface area contributed by atoms with Crippen LogP contribution in [0.1, 0.15) is 39.8 Å². The van der Waals surface area contributed by atoms with Gasteiger partial charge in [-0.25, -0.2) is 4.98 Å². The highest BCUT2D eigenvalue weighted by Gasteiger charge is 2.29. The quantitative estimate of drug-likeness (QED) is 0.782. The van der Waals surface area contributed by atoms with Gasteiger partial charge in [0.2, 0.25) is 0 Å². The molecule has 0 bridgehead atoms. The summed E-state index contributed by atoms with van der Waals surface area (Å²) < 4.78 is 8.38. The van der Waals surface area contributed by atoms with Crippen molar-refractivity contribution in [3.05, 3.63) is 58.9 Å². The summed E-state index contributed by atoms with van der Waals surface area (Å²) in [6.45, 7) is 1.96. The third-order valence-electron chi connectivity index (χ3n) is 5.02. The van der Waals surface area contributed by atoms with Crippen molar-refractivity contribution >= 4 is 16.9 Å². The molecule has 5 nitrogen and oxygen atoms in total. The first-order valence-electron chi connectivity index (χ1n) is 8.52. The van der Waals surface area contributed by atoms with Crippen molar-refractivity contribution in [2.24, 2.45) is 7.05 Å². The van der Waals surface area contributed by atoms with Crippen LogP contribution >= 0.6 is 0 Å². The van der Waals surface area contributed by atoms with Crippen LogP contribution in [0.5, 0.6) is 5.75 Å². The number of hydrogen-bond donors (Lipinski definition) is 1. The lowest BCUT2D eigenvalue weighted by Crippen LogP contribution is -2.23. The number of carbonyl (C=O) groups excluding carboxylic acids is 1. The standard InChI is InChI=1S/C20H21N3O2/c1-12-22-18-16(23(12)3)11-15(20(24)21-2)14-9-10-17(25-19(14)18)13-7-5-4-6-8-13/h4-8,11,17H,9-10H2,1-3H3,(H,21,24)/t17-/m0/s1. The van der Waals surface area contributed by atoms with Crippen LogP contribution in [0.25, 0.3) is 11.0 Å². The third-order valence-corrected chi connectivity index (χ3v) is 5.02. The lowest BCUT2D eigenvalue weighted by molar-refractivity contribution is 0.0959. The van der Waals surface area contributed by atoms with Crippen LogP contribution in [0.15, 0.2) is 36.4 Å². The summed E-state index contributed by atoms with van der Waals surface area (Å²) in [6, 6.07) is 12.1. The fourth-order valence-electron chi connectivity index (χ4n) is 3.54. The molecule has 128 valence electrons. The van der Waals surface area contributed by atoms with E-state index in [9.17, 15) is 4.79 Å². The molecule has 1 atom stereocenters. The highest BCUT2D eigenvalue weighted by molar-refractivity contribution is 6.01. The lowest BCUT2D eigenvalue weighted by Gasteiger charge is -2.28. The monoisotopic (exact) mass is 335 g/mol. The third kappa shape index (κ3) is 2.47. The van der Waals surface area contributed by atoms with E-state index in [0.29, 0.717) is 5.56 Å². The van der Waals surface area contributed by atoms with Crippen LogP contribution in [-0.2, 0) is 13.5 Å². The van der Waals surface area contributed by atoms with Crippen LogP contribution in [0, 0.1) is 6.92 Å². The fraction of sp³-hybridized carbons (Fsp3) is 0.300. The number of hydrogen-bond acceptors (Lipinski definition) is 3. The Hall–Kier alpha value is -2.82. The van der Waals surface area contributed by atoms with Crippen molar-refractivity contribution in [2.75, 3.05) is 7.05 Å². The van der Waals surface area contributed by atoms with E-state index in [1.54, 1.807) is 7.05 Å². The number of imidazole rings is 1. The molecule has 0 unspecified atom stereocenters. The first-order valence-corrected chi connectivity index (χ1v) is 8.52. The first-order chi connectivity index (χ1) is 12.1. The van der Waals surface area contributed by atoms with Gasteiger partial charge in [0.15, 0.2) is 5.75 Å². The lowest BCUT2D eigenvalue weighted by atomic mass is 9.93. The Morgan fingerprint density at radius 1 is 1.32 bits per heavy atom. The molecule has 1 N–H and O–H groups in total. The second-order valence-corrected chi connectivity index (χ2v) is 6.45. The fourth-order valence-corrected chi connectivity index (χ4v) is 3.54. The molecule has 5 heteroatoms. The average Bonchev–Trinajstić information content (AvgIpc) is 2.95. The van der Waals surface area contributed by atoms with E-state index in [2.05, 4.69) is 22.4 Å². The van der Waals surface area contributed by atoms with Gasteiger partial charge in [-0.1, -0.05) is 30.3 Å². The zero-order chi connectivity index (χ0) is 17.6. The number of aromatic nitrogens is 2. The molecule has 2 aromatic carbocycles. The summed E-state index contributed by atoms with van der Waals surface area (Å²) in [5.74, 6) is 1.57. The van der Waals surface area contributed by atoms with Crippen molar-refractivity contribution < 1.29 is 9.53 Å². The summed E-state index contributed by atoms with van der Waals surface area (Å²) in [6.07, 6.45) is 1.63. The van der Waals surface area contributed by atoms with Crippen LogP contribution in [0.3, 0.4) is 0 Å². The predicted molar refractivity (Wildman–Crippen MR) is 97.0 cm³/mol. The number of aryl methyl sites for hydroxylation is 2. The van der Waals surface area contributed by atoms with Gasteiger partial charge >= 0.3 is 0 Å². The number of fused-ring (bicyclic) bond motifs is 3. The molecule has 1 aliphatic rings. The summed E-state index contributed by atoms with van der Waals surface area (Å²) in [4.78, 5) is 17.1. The molecular weight excluding hydrogens is 314 g/mol. The molecule has 0 radical (unpaired) electrons. The Balaban J connectivity index is 1.90. The Morgan fingerprint density at radius 3 is 2.80 bits per heavy atom. The molecule has 2 heterocycles. The number of carbonyl (C=O) groups is 1. The second-order valence-electron chi connectivity index (χ2n) is 6.45. The first kappa shape index (κ1) is 15.7. The number of nitrogens with one attached hydrogen (secondary N) is 1. The van der Waals surface area contributed by atoms with Crippen molar-refractivity contribution in [3.8, 4) is 5.75 Å². The highest BCUT2D eigenvalue weighted by atomic mass is 16.5. The molecule has 0 spiro atoms. The molecule has 4 rings (SSSR count). The smallest absolute Gasteiger partial charge is 0.251 e. The zero-order valence-corrected chi connectivity index (χ0v) is 14.7. The molecular formula is C20H21N3O2. The number of nitrogens with zero attached hydrogens (tertiary/aromatic N) is 2. The molecule has 25 heavy (non-hydrogen) atoms. The number of ether oxygens (including phenoxy) is 1. The maximum absolute atomic E-state index is 12.4. The molecule has 1 amide bonds. The van der Waals surface area contributed by atoms with Crippen molar-refractivity contribution in [3.63, 3.8) is 0 Å². The minimum absolute atomic E-state index is 0.0147. The Kier molecular flexibility index (Phi) is 3.71. The number of rotatable bonds is 2. The van der Waals surface area contributed by atoms with E-state index in [1.165, 1.54) is 0 Å². The molecule has 0 saturated carbocycles. The Labute approximate surface area is 146 Å². The van der Waals surface area contributed by atoms with Gasteiger partial charge in [-0.3, -0.25) is 4.79 Å². The Morgan fingerprint density at radius 2 is 2.08 bits per heavy atom. The molecule has 0 saturated heterocycles. The van der Waals surface area contributed by atoms with Crippen LogP contribution in [0.2, 0.25) is 0 Å². The molecule has 1 aromatic heterocycles. The summed E-state index contributed by atoms with van der Waals surface area (Å²) in [5.41, 5.74) is 4.54. The average molecular weight is 335 g/mol. The van der Waals surface area contributed by atoms with Gasteiger partial charge in [0, 0.05) is 25.2 Å². The van der Waals surface area contributed by atoms with E-state index in [4.69, 9.17) is 4.74 Å². The van der Waals surface area contributed by atoms with Crippen LogP contribution in [0.4, 0.5) is 0 Å². The zero-order valence-electron chi connectivity index (χ0n) is 14.7. The molecule has 3 aromatic rings. The van der Waals surface area contributed by atoms with Gasteiger partial charge in [-0.2, -0.15) is 0 Å². The minimum Gasteiger partial charge on any atom is -0.483 e. The van der Waals surface area contributed by atoms with Gasteiger partial charge in [0.1, 0.15) is 17.4 Å². The molecule has 0 fully saturated rings. The van der Waals surface area contributed by atoms with E-state index in [0.717, 1.165) is 46.6 Å². The summed E-state index contributed by atoms with van der Waals surface area (Å²) in [5, 5.41) is 2.74. The van der Waals surface area contributed by atoms with Gasteiger partial charge in [-0.15, -0.1) is 0 Å². The SMILES string of the molecule is CNC(=O)c1cc2c(nc(C)n2C)c2c1CC[C@@H](c1ccccc1)O2. The summed E-state index contributed by atoms with van der Waals surface area (Å²) in [7, 11) is 3.62. The summed E-state index contributed by atoms with van der Waals surface area (Å²) >= 11 is 0. The van der Waals surface area contributed by atoms with Gasteiger partial charge < -0.3 is 14.6 Å². The van der Waals surface area contributed by atoms with Crippen molar-refractivity contribution in [2.45, 2.75) is 25.9 Å². The normalized spacial score (nSPS) is 16.4. The molecule has 0 aliphatic carbocycles. The van der Waals surface area contributed by atoms with Crippen molar-refractivity contribution in [1.82, 2.24) is 14.9 Å². The van der Waals surface area contributed by atoms with Gasteiger partial charge in [0.25, 0.3) is 5.91 Å². The highest BCUT2D eigenvalue weighted by Crippen LogP contribution is 2.41. The van der Waals surface area contributed by atoms with Crippen LogP contribution in [-0.4, -0.2) is 22.5 Å². The van der Waals surface area contributed by atoms with E-state index in [1.807, 2.05) is 42.8 Å². The largest absolute Gasteiger partial charge is 0.483 e. The number of amides is 1. The minimum atomic E-state index is -0.0845. The van der Waals surface area contributed by atoms with E-state index >= 15 is 0 Å². The van der Waals surface area contributed by atoms with Gasteiger partial charge in [-0.05, 0) is 31.4 Å². The second kappa shape index (κ2) is 5.92. The molecule has 1 aliphatic heterocycles. The van der Waals surface area contributed by atoms with Gasteiger partial charge in [0.05, 0.1) is 5.52 Å². The number of benzene rings is 2. The van der Waals surface area contributed by atoms with E-state index in [-0.39, 0.29) is 12.0 Å². The maximum Gasteiger partial charge on any atom is 0.251 e.